The Bertz CT molecular complexity index is 599. The van der Waals surface area contributed by atoms with E-state index in [1.807, 2.05) is 13.8 Å². The number of ether oxygens (including phenoxy) is 3. The maximum absolute atomic E-state index is 10.3. The van der Waals surface area contributed by atoms with Crippen molar-refractivity contribution in [1.29, 1.82) is 0 Å². The maximum atomic E-state index is 10.3. The van der Waals surface area contributed by atoms with Crippen molar-refractivity contribution in [2.24, 2.45) is 0 Å². The van der Waals surface area contributed by atoms with Crippen LogP contribution in [0.2, 0.25) is 0 Å². The maximum Gasteiger partial charge on any atom is 0.164 e. The van der Waals surface area contributed by atoms with Gasteiger partial charge in [-0.25, -0.2) is 0 Å². The number of hydrogen-bond acceptors (Lipinski definition) is 4. The summed E-state index contributed by atoms with van der Waals surface area (Å²) in [6.07, 6.45) is 3.72. The fraction of sp³-hybridized carbons (Fsp3) is 0.600. The van der Waals surface area contributed by atoms with Gasteiger partial charge in [0.05, 0.1) is 0 Å². The number of methoxy groups -OCH3 is 1. The lowest BCUT2D eigenvalue weighted by Crippen LogP contribution is -2.47. The van der Waals surface area contributed by atoms with Crippen LogP contribution in [0, 0.1) is 11.8 Å². The van der Waals surface area contributed by atoms with Crippen LogP contribution in [0.5, 0.6) is 0 Å². The first-order chi connectivity index (χ1) is 11.2. The molecule has 0 spiro atoms. The molecule has 4 nitrogen and oxygen atoms in total. The first kappa shape index (κ1) is 19.0. The Labute approximate surface area is 145 Å². The zero-order valence-electron chi connectivity index (χ0n) is 15.3. The van der Waals surface area contributed by atoms with Crippen molar-refractivity contribution in [1.82, 2.24) is 0 Å². The average molecular weight is 332 g/mol. The number of fused-ring (bicyclic) bond motifs is 1. The predicted molar refractivity (Wildman–Crippen MR) is 94.3 cm³/mol. The van der Waals surface area contributed by atoms with Crippen LogP contribution in [0.1, 0.15) is 40.5 Å². The van der Waals surface area contributed by atoms with Crippen molar-refractivity contribution < 1.29 is 19.3 Å². The normalized spacial score (nSPS) is 30.7. The highest BCUT2D eigenvalue weighted by molar-refractivity contribution is 5.42. The van der Waals surface area contributed by atoms with Crippen LogP contribution in [0.4, 0.5) is 0 Å². The number of hydrogen-bond donors (Lipinski definition) is 1. The van der Waals surface area contributed by atoms with Crippen molar-refractivity contribution in [3.8, 4) is 11.8 Å². The fourth-order valence-electron chi connectivity index (χ4n) is 2.98. The van der Waals surface area contributed by atoms with Gasteiger partial charge in [-0.3, -0.25) is 0 Å². The van der Waals surface area contributed by atoms with Crippen LogP contribution in [0.25, 0.3) is 0 Å². The van der Waals surface area contributed by atoms with Gasteiger partial charge in [-0.05, 0) is 52.2 Å². The van der Waals surface area contributed by atoms with Crippen molar-refractivity contribution in [3.63, 3.8) is 0 Å². The molecule has 0 aromatic rings. The molecule has 24 heavy (non-hydrogen) atoms. The second kappa shape index (κ2) is 7.67. The number of aliphatic hydroxyl groups is 1. The van der Waals surface area contributed by atoms with E-state index in [2.05, 4.69) is 38.3 Å². The zero-order chi connectivity index (χ0) is 17.9. The molecule has 2 aliphatic rings. The van der Waals surface area contributed by atoms with Crippen LogP contribution in [-0.4, -0.2) is 42.4 Å². The highest BCUT2D eigenvalue weighted by Gasteiger charge is 2.51. The van der Waals surface area contributed by atoms with E-state index in [4.69, 9.17) is 14.2 Å². The lowest BCUT2D eigenvalue weighted by molar-refractivity contribution is -0.161. The molecule has 2 rings (SSSR count). The van der Waals surface area contributed by atoms with Gasteiger partial charge in [-0.15, -0.1) is 0 Å². The van der Waals surface area contributed by atoms with Gasteiger partial charge in [-0.2, -0.15) is 0 Å². The van der Waals surface area contributed by atoms with E-state index >= 15 is 0 Å². The van der Waals surface area contributed by atoms with Crippen molar-refractivity contribution in [2.45, 2.75) is 70.7 Å². The first-order valence-corrected chi connectivity index (χ1v) is 8.35. The Morgan fingerprint density at radius 1 is 1.42 bits per heavy atom. The van der Waals surface area contributed by atoms with E-state index < -0.39 is 18.0 Å². The van der Waals surface area contributed by atoms with Crippen LogP contribution in [0.3, 0.4) is 0 Å². The SMILES string of the molecule is C=C(C#CC1=C[C@H](O)[C@H](OC)[C@H]2OC(C)(C)O[C@@H]12)CCC=C(C)C. The second-order valence-electron chi connectivity index (χ2n) is 7.01. The standard InChI is InChI=1S/C20H28O4/c1-13(2)8-7-9-14(3)10-11-15-12-16(21)18(22-6)19-17(15)23-20(4,5)24-19/h8,12,16-19,21H,3,7,9H2,1-2,4-6H3/t16-,17-,18-,19-/m0/s1. The minimum Gasteiger partial charge on any atom is -0.386 e. The van der Waals surface area contributed by atoms with Crippen molar-refractivity contribution in [2.75, 3.05) is 7.11 Å². The average Bonchev–Trinajstić information content (AvgIpc) is 2.79. The van der Waals surface area contributed by atoms with Gasteiger partial charge >= 0.3 is 0 Å². The fourth-order valence-corrected chi connectivity index (χ4v) is 2.98. The van der Waals surface area contributed by atoms with E-state index in [0.717, 1.165) is 24.0 Å². The Balaban J connectivity index is 2.13. The molecular formula is C20H28O4. The molecular weight excluding hydrogens is 304 g/mol. The van der Waals surface area contributed by atoms with Gasteiger partial charge in [0, 0.05) is 12.7 Å². The first-order valence-electron chi connectivity index (χ1n) is 8.35. The summed E-state index contributed by atoms with van der Waals surface area (Å²) in [5.41, 5.74) is 2.89. The summed E-state index contributed by atoms with van der Waals surface area (Å²) in [5.74, 6) is 5.48. The van der Waals surface area contributed by atoms with Crippen LogP contribution >= 0.6 is 0 Å². The Morgan fingerprint density at radius 3 is 2.75 bits per heavy atom. The molecule has 1 saturated heterocycles. The largest absolute Gasteiger partial charge is 0.386 e. The lowest BCUT2D eigenvalue weighted by Gasteiger charge is -2.32. The molecule has 0 aromatic carbocycles. The number of rotatable bonds is 4. The molecule has 1 aliphatic carbocycles. The third-order valence-electron chi connectivity index (χ3n) is 4.10. The zero-order valence-corrected chi connectivity index (χ0v) is 15.3. The summed E-state index contributed by atoms with van der Waals surface area (Å²) in [6.45, 7) is 11.9. The summed E-state index contributed by atoms with van der Waals surface area (Å²) in [4.78, 5) is 0. The van der Waals surface area contributed by atoms with Gasteiger partial charge in [0.15, 0.2) is 5.79 Å². The highest BCUT2D eigenvalue weighted by atomic mass is 16.8. The molecule has 0 unspecified atom stereocenters. The van der Waals surface area contributed by atoms with Gasteiger partial charge in [0.2, 0.25) is 0 Å². The molecule has 0 amide bonds. The van der Waals surface area contributed by atoms with E-state index in [1.165, 1.54) is 5.57 Å². The molecule has 1 aliphatic heterocycles. The Kier molecular flexibility index (Phi) is 6.06. The summed E-state index contributed by atoms with van der Waals surface area (Å²) in [6, 6.07) is 0. The molecule has 4 heteroatoms. The van der Waals surface area contributed by atoms with Gasteiger partial charge in [0.25, 0.3) is 0 Å². The molecule has 1 heterocycles. The third-order valence-corrected chi connectivity index (χ3v) is 4.10. The smallest absolute Gasteiger partial charge is 0.164 e. The minimum absolute atomic E-state index is 0.327. The minimum atomic E-state index is -0.767. The predicted octanol–water partition coefficient (Wildman–Crippen LogP) is 3.13. The number of allylic oxidation sites excluding steroid dienone is 3. The van der Waals surface area contributed by atoms with Crippen LogP contribution in [-0.2, 0) is 14.2 Å². The third kappa shape index (κ3) is 4.58. The molecule has 4 atom stereocenters. The van der Waals surface area contributed by atoms with Crippen LogP contribution in [0.15, 0.2) is 35.5 Å². The summed E-state index contributed by atoms with van der Waals surface area (Å²) >= 11 is 0. The monoisotopic (exact) mass is 332 g/mol. The van der Waals surface area contributed by atoms with E-state index in [0.29, 0.717) is 0 Å². The van der Waals surface area contributed by atoms with Crippen LogP contribution < -0.4 is 0 Å². The quantitative estimate of drug-likeness (QED) is 0.635. The van der Waals surface area contributed by atoms with Crippen molar-refractivity contribution in [3.05, 3.63) is 35.5 Å². The molecule has 132 valence electrons. The van der Waals surface area contributed by atoms with Gasteiger partial charge in [0.1, 0.15) is 24.4 Å². The summed E-state index contributed by atoms with van der Waals surface area (Å²) in [5, 5.41) is 10.3. The molecule has 0 bridgehead atoms. The second-order valence-corrected chi connectivity index (χ2v) is 7.01. The van der Waals surface area contributed by atoms with Gasteiger partial charge in [-0.1, -0.05) is 30.1 Å². The molecule has 0 aromatic heterocycles. The highest BCUT2D eigenvalue weighted by Crippen LogP contribution is 2.38. The summed E-state index contributed by atoms with van der Waals surface area (Å²) < 4.78 is 17.3. The number of aliphatic hydroxyl groups excluding tert-OH is 1. The van der Waals surface area contributed by atoms with E-state index in [9.17, 15) is 5.11 Å². The Morgan fingerprint density at radius 2 is 2.12 bits per heavy atom. The van der Waals surface area contributed by atoms with E-state index in [1.54, 1.807) is 13.2 Å². The van der Waals surface area contributed by atoms with Crippen molar-refractivity contribution >= 4 is 0 Å². The summed E-state index contributed by atoms with van der Waals surface area (Å²) in [7, 11) is 1.56. The lowest BCUT2D eigenvalue weighted by atomic mass is 9.89. The molecule has 1 N–H and O–H groups in total. The topological polar surface area (TPSA) is 47.9 Å². The van der Waals surface area contributed by atoms with Gasteiger partial charge < -0.3 is 19.3 Å². The van der Waals surface area contributed by atoms with E-state index in [-0.39, 0.29) is 12.2 Å². The Hall–Kier alpha value is -1.38. The molecule has 0 saturated carbocycles. The molecule has 1 fully saturated rings. The molecule has 0 radical (unpaired) electrons.